The molecular formula is C15H19ClN2OS. The summed E-state index contributed by atoms with van der Waals surface area (Å²) in [6, 6.07) is 6.09. The molecule has 2 aromatic rings. The number of thiazole rings is 1. The van der Waals surface area contributed by atoms with Crippen LogP contribution < -0.4 is 10.1 Å². The van der Waals surface area contributed by atoms with Gasteiger partial charge in [-0.05, 0) is 38.6 Å². The number of nitrogens with one attached hydrogen (secondary N) is 1. The molecule has 0 amide bonds. The number of ether oxygens (including phenoxy) is 1. The Morgan fingerprint density at radius 2 is 2.25 bits per heavy atom. The maximum absolute atomic E-state index is 6.28. The number of halogens is 1. The van der Waals surface area contributed by atoms with Crippen molar-refractivity contribution in [1.29, 1.82) is 0 Å². The Balaban J connectivity index is 1.94. The molecule has 0 saturated heterocycles. The fourth-order valence-electron chi connectivity index (χ4n) is 1.93. The third-order valence-corrected chi connectivity index (χ3v) is 4.64. The monoisotopic (exact) mass is 310 g/mol. The number of aromatic nitrogens is 1. The molecule has 1 aromatic carbocycles. The van der Waals surface area contributed by atoms with E-state index in [9.17, 15) is 0 Å². The summed E-state index contributed by atoms with van der Waals surface area (Å²) in [6.45, 7) is 4.74. The van der Waals surface area contributed by atoms with Gasteiger partial charge in [-0.1, -0.05) is 17.7 Å². The summed E-state index contributed by atoms with van der Waals surface area (Å²) < 4.78 is 5.76. The van der Waals surface area contributed by atoms with Crippen molar-refractivity contribution in [2.75, 3.05) is 13.7 Å². The van der Waals surface area contributed by atoms with Crippen molar-refractivity contribution < 1.29 is 4.74 Å². The van der Waals surface area contributed by atoms with Crippen LogP contribution in [0.5, 0.6) is 5.75 Å². The van der Waals surface area contributed by atoms with Gasteiger partial charge in [-0.3, -0.25) is 0 Å². The SMILES string of the molecule is CNC(C)c1ccc(OCCc2scnc2C)cc1Cl. The van der Waals surface area contributed by atoms with E-state index in [1.54, 1.807) is 11.3 Å². The van der Waals surface area contributed by atoms with Gasteiger partial charge < -0.3 is 10.1 Å². The fourth-order valence-corrected chi connectivity index (χ4v) is 3.03. The third-order valence-electron chi connectivity index (χ3n) is 3.31. The molecule has 1 heterocycles. The third kappa shape index (κ3) is 3.72. The van der Waals surface area contributed by atoms with Gasteiger partial charge in [-0.15, -0.1) is 11.3 Å². The molecule has 108 valence electrons. The first kappa shape index (κ1) is 15.3. The molecule has 0 radical (unpaired) electrons. The lowest BCUT2D eigenvalue weighted by atomic mass is 10.1. The van der Waals surface area contributed by atoms with Crippen molar-refractivity contribution in [3.05, 3.63) is 44.9 Å². The van der Waals surface area contributed by atoms with E-state index in [0.29, 0.717) is 6.61 Å². The van der Waals surface area contributed by atoms with Crippen LogP contribution in [0.25, 0.3) is 0 Å². The average molecular weight is 311 g/mol. The van der Waals surface area contributed by atoms with Crippen LogP contribution in [0.1, 0.15) is 29.1 Å². The minimum absolute atomic E-state index is 0.233. The molecule has 2 rings (SSSR count). The molecule has 0 aliphatic rings. The summed E-state index contributed by atoms with van der Waals surface area (Å²) in [5.41, 5.74) is 4.05. The highest BCUT2D eigenvalue weighted by Gasteiger charge is 2.09. The molecule has 5 heteroatoms. The first-order chi connectivity index (χ1) is 9.61. The van der Waals surface area contributed by atoms with E-state index in [-0.39, 0.29) is 6.04 Å². The molecule has 0 aliphatic heterocycles. The molecular weight excluding hydrogens is 292 g/mol. The predicted octanol–water partition coefficient (Wildman–Crippen LogP) is 4.01. The summed E-state index contributed by atoms with van der Waals surface area (Å²) in [4.78, 5) is 5.51. The topological polar surface area (TPSA) is 34.1 Å². The van der Waals surface area contributed by atoms with Crippen molar-refractivity contribution in [2.24, 2.45) is 0 Å². The lowest BCUT2D eigenvalue weighted by Gasteiger charge is -2.14. The highest BCUT2D eigenvalue weighted by molar-refractivity contribution is 7.09. The second-order valence-electron chi connectivity index (χ2n) is 4.65. The van der Waals surface area contributed by atoms with Crippen LogP contribution in [0, 0.1) is 6.92 Å². The Hall–Kier alpha value is -1.10. The smallest absolute Gasteiger partial charge is 0.120 e. The van der Waals surface area contributed by atoms with Gasteiger partial charge in [-0.2, -0.15) is 0 Å². The first-order valence-electron chi connectivity index (χ1n) is 6.60. The van der Waals surface area contributed by atoms with E-state index < -0.39 is 0 Å². The van der Waals surface area contributed by atoms with E-state index in [4.69, 9.17) is 16.3 Å². The molecule has 3 nitrogen and oxygen atoms in total. The van der Waals surface area contributed by atoms with Gasteiger partial charge >= 0.3 is 0 Å². The van der Waals surface area contributed by atoms with Gasteiger partial charge in [0.05, 0.1) is 17.8 Å². The average Bonchev–Trinajstić information content (AvgIpc) is 2.84. The van der Waals surface area contributed by atoms with Crippen molar-refractivity contribution in [3.63, 3.8) is 0 Å². The maximum Gasteiger partial charge on any atom is 0.120 e. The molecule has 0 fully saturated rings. The number of aryl methyl sites for hydroxylation is 1. The predicted molar refractivity (Wildman–Crippen MR) is 85.0 cm³/mol. The Bertz CT molecular complexity index is 571. The van der Waals surface area contributed by atoms with E-state index in [1.165, 1.54) is 4.88 Å². The molecule has 1 atom stereocenters. The van der Waals surface area contributed by atoms with E-state index in [1.807, 2.05) is 37.7 Å². The summed E-state index contributed by atoms with van der Waals surface area (Å²) in [7, 11) is 1.92. The van der Waals surface area contributed by atoms with Crippen molar-refractivity contribution in [1.82, 2.24) is 10.3 Å². The Morgan fingerprint density at radius 3 is 2.85 bits per heavy atom. The van der Waals surface area contributed by atoms with Gasteiger partial charge in [0, 0.05) is 22.4 Å². The first-order valence-corrected chi connectivity index (χ1v) is 7.86. The highest BCUT2D eigenvalue weighted by atomic mass is 35.5. The lowest BCUT2D eigenvalue weighted by Crippen LogP contribution is -2.12. The van der Waals surface area contributed by atoms with Crippen molar-refractivity contribution in [2.45, 2.75) is 26.3 Å². The summed E-state index contributed by atoms with van der Waals surface area (Å²) in [6.07, 6.45) is 0.878. The Labute approximate surface area is 129 Å². The molecule has 0 aliphatic carbocycles. The maximum atomic E-state index is 6.28. The van der Waals surface area contributed by atoms with Crippen LogP contribution in [0.2, 0.25) is 5.02 Å². The number of nitrogens with zero attached hydrogens (tertiary/aromatic N) is 1. The lowest BCUT2D eigenvalue weighted by molar-refractivity contribution is 0.322. The molecule has 0 spiro atoms. The zero-order valence-corrected chi connectivity index (χ0v) is 13.5. The number of rotatable bonds is 6. The standard InChI is InChI=1S/C15H19ClN2OS/c1-10(17-3)13-5-4-12(8-14(13)16)19-7-6-15-11(2)18-9-20-15/h4-5,8-10,17H,6-7H2,1-3H3. The van der Waals surface area contributed by atoms with Gasteiger partial charge in [0.1, 0.15) is 5.75 Å². The van der Waals surface area contributed by atoms with Crippen molar-refractivity contribution in [3.8, 4) is 5.75 Å². The quantitative estimate of drug-likeness (QED) is 0.875. The van der Waals surface area contributed by atoms with Crippen LogP contribution in [-0.2, 0) is 6.42 Å². The molecule has 0 bridgehead atoms. The Kier molecular flexibility index (Phi) is 5.40. The fraction of sp³-hybridized carbons (Fsp3) is 0.400. The van der Waals surface area contributed by atoms with Crippen LogP contribution >= 0.6 is 22.9 Å². The van der Waals surface area contributed by atoms with Crippen LogP contribution in [0.15, 0.2) is 23.7 Å². The summed E-state index contributed by atoms with van der Waals surface area (Å²) in [5.74, 6) is 0.809. The van der Waals surface area contributed by atoms with Crippen molar-refractivity contribution >= 4 is 22.9 Å². The Morgan fingerprint density at radius 1 is 1.45 bits per heavy atom. The van der Waals surface area contributed by atoms with Gasteiger partial charge in [0.25, 0.3) is 0 Å². The molecule has 1 aromatic heterocycles. The second-order valence-corrected chi connectivity index (χ2v) is 6.00. The second kappa shape index (κ2) is 7.07. The van der Waals surface area contributed by atoms with Crippen LogP contribution in [-0.4, -0.2) is 18.6 Å². The summed E-state index contributed by atoms with van der Waals surface area (Å²) >= 11 is 7.95. The number of benzene rings is 1. The largest absolute Gasteiger partial charge is 0.493 e. The van der Waals surface area contributed by atoms with E-state index in [2.05, 4.69) is 17.2 Å². The molecule has 0 saturated carbocycles. The molecule has 1 unspecified atom stereocenters. The number of hydrogen-bond donors (Lipinski definition) is 1. The minimum Gasteiger partial charge on any atom is -0.493 e. The van der Waals surface area contributed by atoms with E-state index in [0.717, 1.165) is 28.5 Å². The van der Waals surface area contributed by atoms with Crippen LogP contribution in [0.3, 0.4) is 0 Å². The zero-order chi connectivity index (χ0) is 14.5. The van der Waals surface area contributed by atoms with Gasteiger partial charge in [0.2, 0.25) is 0 Å². The van der Waals surface area contributed by atoms with Gasteiger partial charge in [0.15, 0.2) is 0 Å². The van der Waals surface area contributed by atoms with Crippen LogP contribution in [0.4, 0.5) is 0 Å². The molecule has 1 N–H and O–H groups in total. The number of hydrogen-bond acceptors (Lipinski definition) is 4. The highest BCUT2D eigenvalue weighted by Crippen LogP contribution is 2.27. The van der Waals surface area contributed by atoms with Gasteiger partial charge in [-0.25, -0.2) is 4.98 Å². The van der Waals surface area contributed by atoms with E-state index >= 15 is 0 Å². The minimum atomic E-state index is 0.233. The zero-order valence-electron chi connectivity index (χ0n) is 11.9. The molecule has 20 heavy (non-hydrogen) atoms. The normalized spacial score (nSPS) is 12.4. The summed E-state index contributed by atoms with van der Waals surface area (Å²) in [5, 5.41) is 3.91.